The van der Waals surface area contributed by atoms with Crippen molar-refractivity contribution in [3.63, 3.8) is 0 Å². The van der Waals surface area contributed by atoms with Gasteiger partial charge in [-0.2, -0.15) is 0 Å². The van der Waals surface area contributed by atoms with Gasteiger partial charge in [0.2, 0.25) is 0 Å². The lowest BCUT2D eigenvalue weighted by Gasteiger charge is -2.40. The molecule has 6 nitrogen and oxygen atoms in total. The number of benzene rings is 1. The first-order valence-electron chi connectivity index (χ1n) is 11.4. The highest BCUT2D eigenvalue weighted by atomic mass is 16.5. The van der Waals surface area contributed by atoms with E-state index in [4.69, 9.17) is 4.74 Å². The summed E-state index contributed by atoms with van der Waals surface area (Å²) in [6, 6.07) is 10.4. The molecule has 2 aliphatic heterocycles. The molecule has 3 heterocycles. The van der Waals surface area contributed by atoms with E-state index in [1.54, 1.807) is 10.8 Å². The number of hydrogen-bond acceptors (Lipinski definition) is 4. The first kappa shape index (κ1) is 21.8. The molecule has 1 aromatic heterocycles. The molecule has 0 unspecified atom stereocenters. The highest BCUT2D eigenvalue weighted by Gasteiger charge is 2.29. The summed E-state index contributed by atoms with van der Waals surface area (Å²) in [5.41, 5.74) is 2.75. The third kappa shape index (κ3) is 4.60. The maximum absolute atomic E-state index is 13.4. The SMILES string of the molecule is Cc1ccn(-c2cccc(C(C)C)c2)c(=O)c1C(=O)N1CCN(C2CCOCC2)CC1. The Morgan fingerprint density at radius 2 is 1.77 bits per heavy atom. The van der Waals surface area contributed by atoms with Crippen molar-refractivity contribution in [3.8, 4) is 5.69 Å². The molecule has 2 saturated heterocycles. The van der Waals surface area contributed by atoms with Crippen LogP contribution in [0.2, 0.25) is 0 Å². The number of amides is 1. The summed E-state index contributed by atoms with van der Waals surface area (Å²) in [4.78, 5) is 31.0. The Balaban J connectivity index is 1.54. The lowest BCUT2D eigenvalue weighted by molar-refractivity contribution is 0.0137. The molecule has 0 N–H and O–H groups in total. The van der Waals surface area contributed by atoms with Crippen molar-refractivity contribution in [2.45, 2.75) is 45.6 Å². The van der Waals surface area contributed by atoms with Gasteiger partial charge in [0.1, 0.15) is 5.56 Å². The van der Waals surface area contributed by atoms with E-state index in [1.807, 2.05) is 36.1 Å². The van der Waals surface area contributed by atoms with Crippen LogP contribution in [-0.4, -0.2) is 65.7 Å². The van der Waals surface area contributed by atoms with Crippen LogP contribution >= 0.6 is 0 Å². The number of rotatable bonds is 4. The molecule has 0 bridgehead atoms. The van der Waals surface area contributed by atoms with Gasteiger partial charge in [-0.3, -0.25) is 19.1 Å². The van der Waals surface area contributed by atoms with E-state index in [0.717, 1.165) is 50.4 Å². The Hall–Kier alpha value is -2.44. The van der Waals surface area contributed by atoms with Crippen LogP contribution in [0.3, 0.4) is 0 Å². The van der Waals surface area contributed by atoms with E-state index in [1.165, 1.54) is 5.56 Å². The summed E-state index contributed by atoms with van der Waals surface area (Å²) >= 11 is 0. The van der Waals surface area contributed by atoms with Crippen molar-refractivity contribution in [1.82, 2.24) is 14.4 Å². The quantitative estimate of drug-likeness (QED) is 0.758. The molecule has 0 radical (unpaired) electrons. The van der Waals surface area contributed by atoms with Gasteiger partial charge in [0, 0.05) is 57.3 Å². The molecule has 6 heteroatoms. The highest BCUT2D eigenvalue weighted by Crippen LogP contribution is 2.20. The molecular weight excluding hydrogens is 390 g/mol. The molecule has 0 saturated carbocycles. The monoisotopic (exact) mass is 423 g/mol. The Morgan fingerprint density at radius 1 is 1.06 bits per heavy atom. The van der Waals surface area contributed by atoms with Crippen LogP contribution in [0.5, 0.6) is 0 Å². The van der Waals surface area contributed by atoms with E-state index in [0.29, 0.717) is 25.0 Å². The minimum absolute atomic E-state index is 0.150. The number of carbonyl (C=O) groups is 1. The molecule has 2 aromatic rings. The summed E-state index contributed by atoms with van der Waals surface area (Å²) in [6.07, 6.45) is 3.90. The van der Waals surface area contributed by atoms with Gasteiger partial charge in [0.25, 0.3) is 11.5 Å². The van der Waals surface area contributed by atoms with Gasteiger partial charge >= 0.3 is 0 Å². The summed E-state index contributed by atoms with van der Waals surface area (Å²) in [5, 5.41) is 0. The van der Waals surface area contributed by atoms with Crippen molar-refractivity contribution in [3.05, 3.63) is 63.6 Å². The van der Waals surface area contributed by atoms with Crippen LogP contribution in [0, 0.1) is 6.92 Å². The number of pyridine rings is 1. The maximum Gasteiger partial charge on any atom is 0.268 e. The predicted octanol–water partition coefficient (Wildman–Crippen LogP) is 3.21. The second kappa shape index (κ2) is 9.37. The lowest BCUT2D eigenvalue weighted by Crippen LogP contribution is -2.53. The van der Waals surface area contributed by atoms with Crippen LogP contribution in [0.15, 0.2) is 41.3 Å². The zero-order valence-corrected chi connectivity index (χ0v) is 18.8. The lowest BCUT2D eigenvalue weighted by atomic mass is 10.0. The van der Waals surface area contributed by atoms with Gasteiger partial charge in [-0.25, -0.2) is 0 Å². The number of carbonyl (C=O) groups excluding carboxylic acids is 1. The number of ether oxygens (including phenoxy) is 1. The van der Waals surface area contributed by atoms with Crippen molar-refractivity contribution < 1.29 is 9.53 Å². The average Bonchev–Trinajstić information content (AvgIpc) is 2.80. The largest absolute Gasteiger partial charge is 0.381 e. The summed E-state index contributed by atoms with van der Waals surface area (Å²) < 4.78 is 7.08. The molecule has 0 spiro atoms. The van der Waals surface area contributed by atoms with Crippen LogP contribution in [0.1, 0.15) is 54.1 Å². The molecule has 31 heavy (non-hydrogen) atoms. The zero-order chi connectivity index (χ0) is 22.0. The minimum atomic E-state index is -0.238. The van der Waals surface area contributed by atoms with Crippen molar-refractivity contribution >= 4 is 5.91 Å². The summed E-state index contributed by atoms with van der Waals surface area (Å²) in [5.74, 6) is 0.220. The highest BCUT2D eigenvalue weighted by molar-refractivity contribution is 5.95. The van der Waals surface area contributed by atoms with E-state index in [2.05, 4.69) is 24.8 Å². The molecule has 2 fully saturated rings. The second-order valence-corrected chi connectivity index (χ2v) is 8.97. The molecule has 0 aliphatic carbocycles. The second-order valence-electron chi connectivity index (χ2n) is 8.97. The molecule has 0 atom stereocenters. The molecule has 4 rings (SSSR count). The van der Waals surface area contributed by atoms with Crippen molar-refractivity contribution in [2.24, 2.45) is 0 Å². The molecule has 166 valence electrons. The average molecular weight is 424 g/mol. The Morgan fingerprint density at radius 3 is 2.45 bits per heavy atom. The molecule has 2 aliphatic rings. The first-order valence-corrected chi connectivity index (χ1v) is 11.4. The van der Waals surface area contributed by atoms with Gasteiger partial charge in [0.15, 0.2) is 0 Å². The Kier molecular flexibility index (Phi) is 6.58. The molecule has 1 amide bonds. The minimum Gasteiger partial charge on any atom is -0.381 e. The number of nitrogens with zero attached hydrogens (tertiary/aromatic N) is 3. The fraction of sp³-hybridized carbons (Fsp3) is 0.520. The fourth-order valence-corrected chi connectivity index (χ4v) is 4.62. The Bertz CT molecular complexity index is 984. The zero-order valence-electron chi connectivity index (χ0n) is 18.8. The molecule has 1 aromatic carbocycles. The van der Waals surface area contributed by atoms with Crippen LogP contribution in [0.4, 0.5) is 0 Å². The van der Waals surface area contributed by atoms with Gasteiger partial charge in [0.05, 0.1) is 0 Å². The summed E-state index contributed by atoms with van der Waals surface area (Å²) in [6.45, 7) is 10.8. The smallest absolute Gasteiger partial charge is 0.268 e. The van der Waals surface area contributed by atoms with Crippen molar-refractivity contribution in [2.75, 3.05) is 39.4 Å². The number of piperazine rings is 1. The van der Waals surface area contributed by atoms with E-state index in [9.17, 15) is 9.59 Å². The Labute approximate surface area is 184 Å². The standard InChI is InChI=1S/C25H33N3O3/c1-18(2)20-5-4-6-22(17-20)28-10-7-19(3)23(25(28)30)24(29)27-13-11-26(12-14-27)21-8-15-31-16-9-21/h4-7,10,17-18,21H,8-9,11-16H2,1-3H3. The van der Waals surface area contributed by atoms with Crippen molar-refractivity contribution in [1.29, 1.82) is 0 Å². The number of hydrogen-bond donors (Lipinski definition) is 0. The topological polar surface area (TPSA) is 54.8 Å². The van der Waals surface area contributed by atoms with Gasteiger partial charge < -0.3 is 9.64 Å². The normalized spacial score (nSPS) is 18.5. The van der Waals surface area contributed by atoms with Gasteiger partial charge in [-0.1, -0.05) is 26.0 Å². The van der Waals surface area contributed by atoms with Crippen LogP contribution < -0.4 is 5.56 Å². The summed E-state index contributed by atoms with van der Waals surface area (Å²) in [7, 11) is 0. The van der Waals surface area contributed by atoms with Gasteiger partial charge in [-0.15, -0.1) is 0 Å². The van der Waals surface area contributed by atoms with Crippen LogP contribution in [0.25, 0.3) is 5.69 Å². The van der Waals surface area contributed by atoms with Crippen LogP contribution in [-0.2, 0) is 4.74 Å². The van der Waals surface area contributed by atoms with E-state index >= 15 is 0 Å². The van der Waals surface area contributed by atoms with E-state index < -0.39 is 0 Å². The first-order chi connectivity index (χ1) is 15.0. The predicted molar refractivity (Wildman–Crippen MR) is 122 cm³/mol. The van der Waals surface area contributed by atoms with E-state index in [-0.39, 0.29) is 17.0 Å². The van der Waals surface area contributed by atoms with Gasteiger partial charge in [-0.05, 0) is 55.0 Å². The maximum atomic E-state index is 13.4. The fourth-order valence-electron chi connectivity index (χ4n) is 4.62. The third-order valence-electron chi connectivity index (χ3n) is 6.64. The molecular formula is C25H33N3O3. The third-order valence-corrected chi connectivity index (χ3v) is 6.64. The number of aryl methyl sites for hydroxylation is 1. The number of aromatic nitrogens is 1.